The minimum atomic E-state index is -1.00. The van der Waals surface area contributed by atoms with E-state index >= 15 is 0 Å². The second-order valence-corrected chi connectivity index (χ2v) is 10.2. The second kappa shape index (κ2) is 6.78. The summed E-state index contributed by atoms with van der Waals surface area (Å²) in [6.07, 6.45) is 6.51. The molecule has 1 aromatic carbocycles. The summed E-state index contributed by atoms with van der Waals surface area (Å²) in [5.74, 6) is 0. The van der Waals surface area contributed by atoms with Gasteiger partial charge in [0.15, 0.2) is 0 Å². The second-order valence-electron chi connectivity index (χ2n) is 6.25. The molecule has 1 N–H and O–H groups in total. The van der Waals surface area contributed by atoms with E-state index in [9.17, 15) is 0 Å². The van der Waals surface area contributed by atoms with Crippen LogP contribution in [0.15, 0.2) is 24.3 Å². The maximum atomic E-state index is 9.11. The lowest BCUT2D eigenvalue weighted by molar-refractivity contribution is 0.281. The molecule has 0 spiro atoms. The third-order valence-corrected chi connectivity index (χ3v) is 7.34. The van der Waals surface area contributed by atoms with Crippen molar-refractivity contribution in [1.82, 2.24) is 0 Å². The predicted octanol–water partition coefficient (Wildman–Crippen LogP) is 3.91. The van der Waals surface area contributed by atoms with Crippen LogP contribution in [0.1, 0.15) is 38.3 Å². The lowest BCUT2D eigenvalue weighted by Crippen LogP contribution is -2.25. The molecule has 0 radical (unpaired) electrons. The highest BCUT2D eigenvalue weighted by Crippen LogP contribution is 2.53. The Morgan fingerprint density at radius 3 is 2.37 bits per heavy atom. The van der Waals surface area contributed by atoms with Crippen LogP contribution in [-0.2, 0) is 17.2 Å². The van der Waals surface area contributed by atoms with E-state index in [0.29, 0.717) is 0 Å². The van der Waals surface area contributed by atoms with Crippen molar-refractivity contribution in [1.29, 1.82) is 0 Å². The Labute approximate surface area is 119 Å². The minimum Gasteiger partial charge on any atom is -0.392 e. The average molecular weight is 284 g/mol. The number of benzene rings is 1. The third kappa shape index (κ3) is 5.17. The van der Waals surface area contributed by atoms with Crippen LogP contribution in [0.25, 0.3) is 0 Å². The number of aliphatic hydroxyl groups excluding tert-OH is 1. The standard InChI is InChI=1S/C16H28O2S/c1-16(2,3)19(4,5)18-11-7-10-14-8-6-9-15(12-14)13-17/h6,8-9,12,17H,7,10-11,13H2,1-5H3. The third-order valence-electron chi connectivity index (χ3n) is 3.64. The molecule has 0 aromatic heterocycles. The van der Waals surface area contributed by atoms with Gasteiger partial charge < -0.3 is 9.29 Å². The topological polar surface area (TPSA) is 29.5 Å². The van der Waals surface area contributed by atoms with Crippen LogP contribution in [0.5, 0.6) is 0 Å². The van der Waals surface area contributed by atoms with Crippen molar-refractivity contribution in [3.05, 3.63) is 35.4 Å². The van der Waals surface area contributed by atoms with E-state index in [0.717, 1.165) is 25.0 Å². The zero-order valence-electron chi connectivity index (χ0n) is 12.9. The van der Waals surface area contributed by atoms with Crippen LogP contribution in [0, 0.1) is 0 Å². The van der Waals surface area contributed by atoms with Gasteiger partial charge in [0.1, 0.15) is 0 Å². The van der Waals surface area contributed by atoms with Crippen LogP contribution in [-0.4, -0.2) is 29.0 Å². The first kappa shape index (κ1) is 16.5. The molecule has 0 heterocycles. The van der Waals surface area contributed by atoms with Gasteiger partial charge in [-0.15, -0.1) is 10.3 Å². The molecule has 3 heteroatoms. The molecule has 1 rings (SSSR count). The normalized spacial score (nSPS) is 13.6. The predicted molar refractivity (Wildman–Crippen MR) is 85.8 cm³/mol. The first-order valence-electron chi connectivity index (χ1n) is 6.82. The molecule has 0 saturated carbocycles. The Morgan fingerprint density at radius 1 is 1.16 bits per heavy atom. The monoisotopic (exact) mass is 284 g/mol. The highest BCUT2D eigenvalue weighted by atomic mass is 32.3. The summed E-state index contributed by atoms with van der Waals surface area (Å²) in [5.41, 5.74) is 2.26. The highest BCUT2D eigenvalue weighted by molar-refractivity contribution is 8.29. The Morgan fingerprint density at radius 2 is 1.79 bits per heavy atom. The molecular formula is C16H28O2S. The number of hydrogen-bond donors (Lipinski definition) is 1. The summed E-state index contributed by atoms with van der Waals surface area (Å²) >= 11 is 0. The first-order valence-corrected chi connectivity index (χ1v) is 9.20. The Balaban J connectivity index is 2.39. The van der Waals surface area contributed by atoms with E-state index in [1.54, 1.807) is 0 Å². The fraction of sp³-hybridized carbons (Fsp3) is 0.625. The van der Waals surface area contributed by atoms with Crippen LogP contribution < -0.4 is 0 Å². The van der Waals surface area contributed by atoms with E-state index in [2.05, 4.69) is 45.4 Å². The largest absolute Gasteiger partial charge is 0.392 e. The smallest absolute Gasteiger partial charge is 0.0681 e. The Hall–Kier alpha value is -0.510. The maximum absolute atomic E-state index is 9.11. The SMILES string of the molecule is CC(C)(C)S(C)(C)OCCCc1cccc(CO)c1. The summed E-state index contributed by atoms with van der Waals surface area (Å²) in [6, 6.07) is 8.14. The van der Waals surface area contributed by atoms with Crippen LogP contribution in [0.2, 0.25) is 0 Å². The van der Waals surface area contributed by atoms with Gasteiger partial charge in [0, 0.05) is 4.75 Å². The summed E-state index contributed by atoms with van der Waals surface area (Å²) in [6.45, 7) is 7.65. The maximum Gasteiger partial charge on any atom is 0.0681 e. The fourth-order valence-corrected chi connectivity index (χ4v) is 2.49. The molecule has 19 heavy (non-hydrogen) atoms. The van der Waals surface area contributed by atoms with E-state index in [-0.39, 0.29) is 11.4 Å². The molecule has 0 saturated heterocycles. The van der Waals surface area contributed by atoms with Gasteiger partial charge in [-0.3, -0.25) is 0 Å². The Bertz CT molecular complexity index is 394. The highest BCUT2D eigenvalue weighted by Gasteiger charge is 2.28. The van der Waals surface area contributed by atoms with E-state index in [1.165, 1.54) is 5.56 Å². The number of hydrogen-bond acceptors (Lipinski definition) is 2. The first-order chi connectivity index (χ1) is 8.76. The van der Waals surface area contributed by atoms with Crippen molar-refractivity contribution >= 4 is 10.3 Å². The van der Waals surface area contributed by atoms with Gasteiger partial charge in [-0.2, -0.15) is 0 Å². The minimum absolute atomic E-state index is 0.117. The number of aliphatic hydroxyl groups is 1. The van der Waals surface area contributed by atoms with Gasteiger partial charge in [0.05, 0.1) is 13.2 Å². The zero-order valence-corrected chi connectivity index (χ0v) is 13.7. The molecule has 0 amide bonds. The summed E-state index contributed by atoms with van der Waals surface area (Å²) in [7, 11) is -1.00. The molecule has 0 unspecified atom stereocenters. The molecule has 0 bridgehead atoms. The van der Waals surface area contributed by atoms with Crippen molar-refractivity contribution in [2.24, 2.45) is 0 Å². The molecular weight excluding hydrogens is 256 g/mol. The zero-order chi connectivity index (χ0) is 14.5. The molecule has 0 atom stereocenters. The van der Waals surface area contributed by atoms with E-state index in [1.807, 2.05) is 12.1 Å². The lowest BCUT2D eigenvalue weighted by Gasteiger charge is -2.43. The number of rotatable bonds is 6. The quantitative estimate of drug-likeness (QED) is 0.803. The fourth-order valence-electron chi connectivity index (χ4n) is 1.60. The molecule has 0 aliphatic heterocycles. The van der Waals surface area contributed by atoms with Crippen molar-refractivity contribution in [3.63, 3.8) is 0 Å². The average Bonchev–Trinajstić information content (AvgIpc) is 2.33. The van der Waals surface area contributed by atoms with Crippen molar-refractivity contribution in [2.75, 3.05) is 19.1 Å². The van der Waals surface area contributed by atoms with Gasteiger partial charge in [-0.1, -0.05) is 45.0 Å². The van der Waals surface area contributed by atoms with Crippen LogP contribution in [0.3, 0.4) is 0 Å². The van der Waals surface area contributed by atoms with Gasteiger partial charge >= 0.3 is 0 Å². The summed E-state index contributed by atoms with van der Waals surface area (Å²) in [4.78, 5) is 0. The van der Waals surface area contributed by atoms with Gasteiger partial charge in [-0.05, 0) is 36.5 Å². The van der Waals surface area contributed by atoms with Crippen molar-refractivity contribution in [2.45, 2.75) is 45.0 Å². The molecule has 0 fully saturated rings. The number of aryl methyl sites for hydroxylation is 1. The molecule has 110 valence electrons. The van der Waals surface area contributed by atoms with Crippen LogP contribution in [0.4, 0.5) is 0 Å². The van der Waals surface area contributed by atoms with Crippen molar-refractivity contribution < 1.29 is 9.29 Å². The molecule has 0 aliphatic carbocycles. The van der Waals surface area contributed by atoms with Gasteiger partial charge in [0.25, 0.3) is 0 Å². The van der Waals surface area contributed by atoms with E-state index in [4.69, 9.17) is 9.29 Å². The van der Waals surface area contributed by atoms with Crippen LogP contribution >= 0.6 is 10.3 Å². The molecule has 0 aliphatic rings. The molecule has 1 aromatic rings. The lowest BCUT2D eigenvalue weighted by atomic mass is 10.1. The summed E-state index contributed by atoms with van der Waals surface area (Å²) in [5, 5.41) is 9.11. The van der Waals surface area contributed by atoms with Gasteiger partial charge in [-0.25, -0.2) is 0 Å². The Kier molecular flexibility index (Phi) is 5.90. The molecule has 2 nitrogen and oxygen atoms in total. The van der Waals surface area contributed by atoms with Crippen molar-refractivity contribution in [3.8, 4) is 0 Å². The van der Waals surface area contributed by atoms with Gasteiger partial charge in [0.2, 0.25) is 0 Å². The van der Waals surface area contributed by atoms with E-state index < -0.39 is 10.3 Å². The summed E-state index contributed by atoms with van der Waals surface area (Å²) < 4.78 is 6.33.